The third-order valence-corrected chi connectivity index (χ3v) is 7.76. The lowest BCUT2D eigenvalue weighted by Gasteiger charge is -2.36. The Kier molecular flexibility index (Phi) is 6.01. The van der Waals surface area contributed by atoms with Crippen LogP contribution < -0.4 is 4.90 Å². The molecule has 0 radical (unpaired) electrons. The number of fused-ring (bicyclic) bond motifs is 2. The molecule has 1 saturated carbocycles. The Labute approximate surface area is 196 Å². The van der Waals surface area contributed by atoms with E-state index in [1.807, 2.05) is 12.1 Å². The first-order valence-corrected chi connectivity index (χ1v) is 12.1. The van der Waals surface area contributed by atoms with Gasteiger partial charge in [0.2, 0.25) is 5.91 Å². The van der Waals surface area contributed by atoms with Crippen LogP contribution in [0.4, 0.5) is 5.69 Å². The highest BCUT2D eigenvalue weighted by molar-refractivity contribution is 6.30. The fourth-order valence-corrected chi connectivity index (χ4v) is 5.61. The number of nitrogens with zero attached hydrogens (tertiary/aromatic N) is 4. The molecule has 1 saturated heterocycles. The lowest BCUT2D eigenvalue weighted by molar-refractivity contribution is -0.120. The minimum Gasteiger partial charge on any atom is -0.310 e. The van der Waals surface area contributed by atoms with E-state index >= 15 is 0 Å². The fourth-order valence-electron chi connectivity index (χ4n) is 5.49. The van der Waals surface area contributed by atoms with Crippen molar-refractivity contribution in [3.63, 3.8) is 0 Å². The molecule has 2 aromatic rings. The van der Waals surface area contributed by atoms with E-state index < -0.39 is 0 Å². The van der Waals surface area contributed by atoms with Gasteiger partial charge in [-0.2, -0.15) is 0 Å². The number of likely N-dealkylation sites (N-methyl/N-ethyl adjacent to an activating group) is 1. The fraction of sp³-hybridized carbons (Fsp3) is 0.500. The van der Waals surface area contributed by atoms with Crippen LogP contribution in [0, 0.1) is 0 Å². The van der Waals surface area contributed by atoms with Gasteiger partial charge in [0.15, 0.2) is 0 Å². The first-order valence-electron chi connectivity index (χ1n) is 11.8. The molecule has 2 heterocycles. The summed E-state index contributed by atoms with van der Waals surface area (Å²) >= 11 is 6.09. The average molecular weight is 453 g/mol. The van der Waals surface area contributed by atoms with Gasteiger partial charge in [0, 0.05) is 69.0 Å². The van der Waals surface area contributed by atoms with E-state index in [0.29, 0.717) is 0 Å². The molecular weight excluding hydrogens is 420 g/mol. The Morgan fingerprint density at radius 3 is 2.28 bits per heavy atom. The number of carbonyl (C=O) groups is 1. The van der Waals surface area contributed by atoms with Crippen molar-refractivity contribution >= 4 is 23.2 Å². The average Bonchev–Trinajstić information content (AvgIpc) is 3.51. The molecule has 0 aromatic heterocycles. The van der Waals surface area contributed by atoms with E-state index in [4.69, 9.17) is 11.6 Å². The highest BCUT2D eigenvalue weighted by atomic mass is 35.5. The normalized spacial score (nSPS) is 25.7. The number of piperazine rings is 1. The summed E-state index contributed by atoms with van der Waals surface area (Å²) in [4.78, 5) is 23.1. The quantitative estimate of drug-likeness (QED) is 0.644. The Hall–Kier alpha value is -1.92. The Morgan fingerprint density at radius 1 is 0.938 bits per heavy atom. The van der Waals surface area contributed by atoms with Crippen LogP contribution >= 0.6 is 11.6 Å². The van der Waals surface area contributed by atoms with Crippen molar-refractivity contribution < 1.29 is 4.79 Å². The topological polar surface area (TPSA) is 30.0 Å². The third kappa shape index (κ3) is 3.96. The number of hydrogen-bond acceptors (Lipinski definition) is 4. The van der Waals surface area contributed by atoms with E-state index in [0.717, 1.165) is 69.5 Å². The molecule has 2 aliphatic heterocycles. The molecular formula is C26H33ClN4O. The number of benzene rings is 2. The minimum absolute atomic E-state index is 0.249. The lowest BCUT2D eigenvalue weighted by Crippen LogP contribution is -2.50. The van der Waals surface area contributed by atoms with Gasteiger partial charge in [0.25, 0.3) is 0 Å². The molecule has 32 heavy (non-hydrogen) atoms. The smallest absolute Gasteiger partial charge is 0.238 e. The number of para-hydroxylation sites is 1. The van der Waals surface area contributed by atoms with Crippen LogP contribution in [0.1, 0.15) is 23.5 Å². The van der Waals surface area contributed by atoms with Gasteiger partial charge in [-0.1, -0.05) is 41.9 Å². The molecule has 2 fully saturated rings. The van der Waals surface area contributed by atoms with Crippen molar-refractivity contribution in [1.29, 1.82) is 0 Å². The molecule has 2 atom stereocenters. The van der Waals surface area contributed by atoms with Gasteiger partial charge in [-0.25, -0.2) is 0 Å². The van der Waals surface area contributed by atoms with E-state index in [9.17, 15) is 4.79 Å². The van der Waals surface area contributed by atoms with Crippen molar-refractivity contribution in [3.05, 3.63) is 64.7 Å². The molecule has 3 aliphatic rings. The summed E-state index contributed by atoms with van der Waals surface area (Å²) in [6, 6.07) is 16.4. The molecule has 170 valence electrons. The van der Waals surface area contributed by atoms with E-state index in [2.05, 4.69) is 70.1 Å². The number of amides is 1. The van der Waals surface area contributed by atoms with E-state index in [1.54, 1.807) is 0 Å². The summed E-state index contributed by atoms with van der Waals surface area (Å²) < 4.78 is 0. The summed E-state index contributed by atoms with van der Waals surface area (Å²) in [6.45, 7) is 8.32. The van der Waals surface area contributed by atoms with Gasteiger partial charge >= 0.3 is 0 Å². The van der Waals surface area contributed by atoms with Crippen molar-refractivity contribution in [3.8, 4) is 0 Å². The summed E-state index contributed by atoms with van der Waals surface area (Å²) in [5.74, 6) is 0.530. The second kappa shape index (κ2) is 8.79. The predicted octanol–water partition coefficient (Wildman–Crippen LogP) is 3.29. The largest absolute Gasteiger partial charge is 0.310 e. The molecule has 5 nitrogen and oxygen atoms in total. The van der Waals surface area contributed by atoms with Crippen LogP contribution in [0.5, 0.6) is 0 Å². The van der Waals surface area contributed by atoms with Crippen molar-refractivity contribution in [2.45, 2.75) is 17.8 Å². The zero-order chi connectivity index (χ0) is 22.3. The Balaban J connectivity index is 1.24. The van der Waals surface area contributed by atoms with Crippen LogP contribution in [-0.2, 0) is 10.2 Å². The maximum Gasteiger partial charge on any atom is 0.238 e. The van der Waals surface area contributed by atoms with Crippen LogP contribution in [0.3, 0.4) is 0 Å². The third-order valence-electron chi connectivity index (χ3n) is 7.50. The Bertz CT molecular complexity index is 970. The summed E-state index contributed by atoms with van der Waals surface area (Å²) in [5.41, 5.74) is 3.15. The highest BCUT2D eigenvalue weighted by Crippen LogP contribution is 2.66. The molecule has 0 unspecified atom stereocenters. The van der Waals surface area contributed by atoms with Crippen LogP contribution in [0.15, 0.2) is 48.5 Å². The highest BCUT2D eigenvalue weighted by Gasteiger charge is 2.66. The van der Waals surface area contributed by atoms with Gasteiger partial charge < -0.3 is 9.80 Å². The monoisotopic (exact) mass is 452 g/mol. The summed E-state index contributed by atoms with van der Waals surface area (Å²) in [5, 5.41) is 0.741. The van der Waals surface area contributed by atoms with Crippen molar-refractivity contribution in [2.75, 3.05) is 71.4 Å². The van der Waals surface area contributed by atoms with E-state index in [1.165, 1.54) is 11.1 Å². The standard InChI is InChI=1S/C26H33ClN4O/c1-28(2)11-12-29-13-15-30(16-14-29)17-18-31-24-6-4-3-5-22(24)26(25(31)32)19-23(26)20-7-9-21(27)10-8-20/h3-10,23H,11-19H2,1-2H3/t23-,26-/m0/s1. The van der Waals surface area contributed by atoms with Gasteiger partial charge in [0.05, 0.1) is 5.41 Å². The first kappa shape index (κ1) is 21.9. The molecule has 1 spiro atoms. The maximum absolute atomic E-state index is 13.7. The van der Waals surface area contributed by atoms with Gasteiger partial charge in [0.1, 0.15) is 0 Å². The maximum atomic E-state index is 13.7. The molecule has 0 N–H and O–H groups in total. The molecule has 1 aliphatic carbocycles. The number of anilines is 1. The molecule has 5 rings (SSSR count). The van der Waals surface area contributed by atoms with Crippen LogP contribution in [0.25, 0.3) is 0 Å². The number of hydrogen-bond donors (Lipinski definition) is 0. The van der Waals surface area contributed by atoms with Crippen LogP contribution in [-0.4, -0.2) is 87.1 Å². The van der Waals surface area contributed by atoms with Crippen molar-refractivity contribution in [1.82, 2.24) is 14.7 Å². The summed E-state index contributed by atoms with van der Waals surface area (Å²) in [6.07, 6.45) is 0.894. The zero-order valence-electron chi connectivity index (χ0n) is 19.1. The van der Waals surface area contributed by atoms with Crippen molar-refractivity contribution in [2.24, 2.45) is 0 Å². The SMILES string of the molecule is CN(C)CCN1CCN(CCN2C(=O)[C@@]3(C[C@H]3c3ccc(Cl)cc3)c3ccccc32)CC1. The number of rotatable bonds is 7. The zero-order valence-corrected chi connectivity index (χ0v) is 19.9. The number of halogens is 1. The van der Waals surface area contributed by atoms with E-state index in [-0.39, 0.29) is 17.2 Å². The molecule has 0 bridgehead atoms. The molecule has 1 amide bonds. The second-order valence-corrected chi connectivity index (χ2v) is 10.2. The van der Waals surface area contributed by atoms with Gasteiger partial charge in [-0.3, -0.25) is 14.6 Å². The minimum atomic E-state index is -0.380. The predicted molar refractivity (Wildman–Crippen MR) is 131 cm³/mol. The first-order chi connectivity index (χ1) is 15.5. The second-order valence-electron chi connectivity index (χ2n) is 9.74. The number of carbonyl (C=O) groups excluding carboxylic acids is 1. The summed E-state index contributed by atoms with van der Waals surface area (Å²) in [7, 11) is 4.26. The van der Waals surface area contributed by atoms with Gasteiger partial charge in [-0.05, 0) is 49.8 Å². The molecule has 2 aromatic carbocycles. The Morgan fingerprint density at radius 2 is 1.59 bits per heavy atom. The molecule has 6 heteroatoms. The van der Waals surface area contributed by atoms with Gasteiger partial charge in [-0.15, -0.1) is 0 Å². The van der Waals surface area contributed by atoms with Crippen LogP contribution in [0.2, 0.25) is 5.02 Å². The lowest BCUT2D eigenvalue weighted by atomic mass is 9.92.